The van der Waals surface area contributed by atoms with Crippen LogP contribution in [0.3, 0.4) is 0 Å². The van der Waals surface area contributed by atoms with Crippen LogP contribution in [-0.2, 0) is 5.75 Å². The van der Waals surface area contributed by atoms with E-state index >= 15 is 0 Å². The van der Waals surface area contributed by atoms with Gasteiger partial charge in [0.15, 0.2) is 5.16 Å². The van der Waals surface area contributed by atoms with E-state index in [1.165, 1.54) is 0 Å². The van der Waals surface area contributed by atoms with Crippen molar-refractivity contribution in [3.63, 3.8) is 0 Å². The summed E-state index contributed by atoms with van der Waals surface area (Å²) in [4.78, 5) is 8.39. The lowest BCUT2D eigenvalue weighted by molar-refractivity contribution is 0.895. The van der Waals surface area contributed by atoms with Crippen molar-refractivity contribution in [2.75, 3.05) is 5.73 Å². The Kier molecular flexibility index (Phi) is 4.13. The number of nitrogen functional groups attached to an aromatic ring is 1. The molecule has 0 aliphatic heterocycles. The molecule has 1 aromatic carbocycles. The Morgan fingerprint density at radius 2 is 2.05 bits per heavy atom. The number of halogens is 1. The summed E-state index contributed by atoms with van der Waals surface area (Å²) in [5.41, 5.74) is 7.80. The van der Waals surface area contributed by atoms with Crippen molar-refractivity contribution in [3.05, 3.63) is 65.6 Å². The second-order valence-corrected chi connectivity index (χ2v) is 5.82. The molecule has 0 unspecified atom stereocenters. The maximum absolute atomic E-state index is 6.04. The molecule has 3 rings (SSSR count). The van der Waals surface area contributed by atoms with Crippen molar-refractivity contribution in [1.82, 2.24) is 14.5 Å². The van der Waals surface area contributed by atoms with Gasteiger partial charge in [-0.1, -0.05) is 29.4 Å². The van der Waals surface area contributed by atoms with Crippen molar-refractivity contribution in [2.24, 2.45) is 0 Å². The van der Waals surface area contributed by atoms with Crippen molar-refractivity contribution in [3.8, 4) is 5.69 Å². The van der Waals surface area contributed by atoms with Gasteiger partial charge in [-0.3, -0.25) is 4.57 Å². The monoisotopic (exact) mass is 316 g/mol. The quantitative estimate of drug-likeness (QED) is 0.744. The van der Waals surface area contributed by atoms with Gasteiger partial charge in [0.25, 0.3) is 0 Å². The summed E-state index contributed by atoms with van der Waals surface area (Å²) in [6.45, 7) is 0. The zero-order valence-electron chi connectivity index (χ0n) is 11.1. The highest BCUT2D eigenvalue weighted by molar-refractivity contribution is 7.98. The zero-order valence-corrected chi connectivity index (χ0v) is 12.7. The first kappa shape index (κ1) is 14.0. The fourth-order valence-corrected chi connectivity index (χ4v) is 3.05. The van der Waals surface area contributed by atoms with Gasteiger partial charge in [0.2, 0.25) is 0 Å². The van der Waals surface area contributed by atoms with E-state index in [-0.39, 0.29) is 0 Å². The molecule has 2 N–H and O–H groups in total. The lowest BCUT2D eigenvalue weighted by atomic mass is 10.3. The molecule has 0 aliphatic carbocycles. The maximum Gasteiger partial charge on any atom is 0.172 e. The SMILES string of the molecule is Nc1cc(CSc2nccn2-c2cccc(Cl)c2)ccn1. The van der Waals surface area contributed by atoms with Gasteiger partial charge in [0.1, 0.15) is 5.82 Å². The molecular weight excluding hydrogens is 304 g/mol. The Labute approximate surface area is 132 Å². The Bertz CT molecular complexity index is 757. The topological polar surface area (TPSA) is 56.7 Å². The van der Waals surface area contributed by atoms with Crippen LogP contribution in [0, 0.1) is 0 Å². The van der Waals surface area contributed by atoms with E-state index in [9.17, 15) is 0 Å². The van der Waals surface area contributed by atoms with E-state index in [1.54, 1.807) is 24.2 Å². The number of imidazole rings is 1. The number of rotatable bonds is 4. The summed E-state index contributed by atoms with van der Waals surface area (Å²) in [7, 11) is 0. The summed E-state index contributed by atoms with van der Waals surface area (Å²) in [6, 6.07) is 11.5. The molecular formula is C15H13ClN4S. The molecule has 3 aromatic rings. The average Bonchev–Trinajstić information content (AvgIpc) is 2.94. The minimum atomic E-state index is 0.534. The summed E-state index contributed by atoms with van der Waals surface area (Å²) in [5.74, 6) is 1.32. The van der Waals surface area contributed by atoms with Crippen LogP contribution in [0.4, 0.5) is 5.82 Å². The van der Waals surface area contributed by atoms with E-state index < -0.39 is 0 Å². The maximum atomic E-state index is 6.04. The third-order valence-corrected chi connectivity index (χ3v) is 4.18. The second-order valence-electron chi connectivity index (χ2n) is 4.44. The van der Waals surface area contributed by atoms with E-state index in [4.69, 9.17) is 17.3 Å². The van der Waals surface area contributed by atoms with E-state index in [2.05, 4.69) is 9.97 Å². The molecule has 0 amide bonds. The van der Waals surface area contributed by atoms with E-state index in [1.807, 2.05) is 47.2 Å². The molecule has 21 heavy (non-hydrogen) atoms. The zero-order chi connectivity index (χ0) is 14.7. The number of thioether (sulfide) groups is 1. The van der Waals surface area contributed by atoms with Crippen LogP contribution >= 0.6 is 23.4 Å². The fourth-order valence-electron chi connectivity index (χ4n) is 1.95. The molecule has 4 nitrogen and oxygen atoms in total. The molecule has 106 valence electrons. The predicted molar refractivity (Wildman–Crippen MR) is 86.8 cm³/mol. The molecule has 0 saturated carbocycles. The molecule has 0 atom stereocenters. The largest absolute Gasteiger partial charge is 0.384 e. The summed E-state index contributed by atoms with van der Waals surface area (Å²) < 4.78 is 2.01. The Balaban J connectivity index is 1.80. The van der Waals surface area contributed by atoms with Gasteiger partial charge >= 0.3 is 0 Å². The molecule has 0 bridgehead atoms. The first-order valence-corrected chi connectivity index (χ1v) is 7.71. The number of hydrogen-bond acceptors (Lipinski definition) is 4. The van der Waals surface area contributed by atoms with Gasteiger partial charge in [0, 0.05) is 35.1 Å². The highest BCUT2D eigenvalue weighted by Crippen LogP contribution is 2.25. The van der Waals surface area contributed by atoms with Gasteiger partial charge in [-0.2, -0.15) is 0 Å². The van der Waals surface area contributed by atoms with Crippen molar-refractivity contribution in [2.45, 2.75) is 10.9 Å². The standard InChI is InChI=1S/C15H13ClN4S/c16-12-2-1-3-13(9-12)20-7-6-19-15(20)21-10-11-4-5-18-14(17)8-11/h1-9H,10H2,(H2,17,18). The molecule has 0 aliphatic rings. The normalized spacial score (nSPS) is 10.7. The minimum absolute atomic E-state index is 0.534. The number of benzene rings is 1. The average molecular weight is 317 g/mol. The number of hydrogen-bond donors (Lipinski definition) is 1. The van der Waals surface area contributed by atoms with E-state index in [0.717, 1.165) is 22.2 Å². The molecule has 0 spiro atoms. The van der Waals surface area contributed by atoms with Crippen LogP contribution in [0.25, 0.3) is 5.69 Å². The van der Waals surface area contributed by atoms with Crippen molar-refractivity contribution < 1.29 is 0 Å². The molecule has 0 fully saturated rings. The Hall–Kier alpha value is -1.98. The van der Waals surface area contributed by atoms with Crippen LogP contribution in [0.1, 0.15) is 5.56 Å². The number of nitrogens with two attached hydrogens (primary N) is 1. The smallest absolute Gasteiger partial charge is 0.172 e. The second kappa shape index (κ2) is 6.20. The number of pyridine rings is 1. The van der Waals surface area contributed by atoms with Crippen LogP contribution in [-0.4, -0.2) is 14.5 Å². The lowest BCUT2D eigenvalue weighted by Crippen LogP contribution is -1.96. The third kappa shape index (κ3) is 3.37. The third-order valence-electron chi connectivity index (χ3n) is 2.91. The van der Waals surface area contributed by atoms with Gasteiger partial charge in [-0.25, -0.2) is 9.97 Å². The highest BCUT2D eigenvalue weighted by atomic mass is 35.5. The molecule has 0 radical (unpaired) electrons. The predicted octanol–water partition coefficient (Wildman–Crippen LogP) is 3.80. The Morgan fingerprint density at radius 3 is 2.86 bits per heavy atom. The van der Waals surface area contributed by atoms with Crippen LogP contribution < -0.4 is 5.73 Å². The van der Waals surface area contributed by atoms with Gasteiger partial charge in [-0.15, -0.1) is 0 Å². The van der Waals surface area contributed by atoms with Crippen LogP contribution in [0.5, 0.6) is 0 Å². The summed E-state index contributed by atoms with van der Waals surface area (Å²) in [6.07, 6.45) is 5.42. The first-order valence-electron chi connectivity index (χ1n) is 6.35. The van der Waals surface area contributed by atoms with Gasteiger partial charge < -0.3 is 5.73 Å². The van der Waals surface area contributed by atoms with Crippen molar-refractivity contribution >= 4 is 29.2 Å². The van der Waals surface area contributed by atoms with Crippen LogP contribution in [0.15, 0.2) is 60.1 Å². The van der Waals surface area contributed by atoms with Gasteiger partial charge in [-0.05, 0) is 35.9 Å². The Morgan fingerprint density at radius 1 is 1.14 bits per heavy atom. The molecule has 2 aromatic heterocycles. The fraction of sp³-hybridized carbons (Fsp3) is 0.0667. The molecule has 2 heterocycles. The molecule has 6 heteroatoms. The van der Waals surface area contributed by atoms with Gasteiger partial charge in [0.05, 0.1) is 0 Å². The summed E-state index contributed by atoms with van der Waals surface area (Å²) >= 11 is 7.68. The first-order chi connectivity index (χ1) is 10.2. The minimum Gasteiger partial charge on any atom is -0.384 e. The number of aromatic nitrogens is 3. The highest BCUT2D eigenvalue weighted by Gasteiger charge is 2.07. The van der Waals surface area contributed by atoms with Crippen LogP contribution in [0.2, 0.25) is 5.02 Å². The number of nitrogens with zero attached hydrogens (tertiary/aromatic N) is 3. The molecule has 0 saturated heterocycles. The van der Waals surface area contributed by atoms with Crippen molar-refractivity contribution in [1.29, 1.82) is 0 Å². The summed E-state index contributed by atoms with van der Waals surface area (Å²) in [5, 5.41) is 1.62. The van der Waals surface area contributed by atoms with E-state index in [0.29, 0.717) is 10.8 Å². The lowest BCUT2D eigenvalue weighted by Gasteiger charge is -2.08. The number of anilines is 1.